The van der Waals surface area contributed by atoms with Gasteiger partial charge in [0.15, 0.2) is 0 Å². The van der Waals surface area contributed by atoms with Gasteiger partial charge in [0.05, 0.1) is 19.8 Å². The molecule has 0 saturated carbocycles. The summed E-state index contributed by atoms with van der Waals surface area (Å²) in [5, 5.41) is 0. The van der Waals surface area contributed by atoms with Gasteiger partial charge in [-0.05, 0) is 12.8 Å². The summed E-state index contributed by atoms with van der Waals surface area (Å²) >= 11 is 0. The molecule has 0 aromatic heterocycles. The van der Waals surface area contributed by atoms with Crippen LogP contribution in [-0.4, -0.2) is 39.0 Å². The zero-order valence-corrected chi connectivity index (χ0v) is 14.7. The van der Waals surface area contributed by atoms with E-state index in [1.165, 1.54) is 38.5 Å². The molecule has 4 heteroatoms. The molecule has 0 bridgehead atoms. The molecule has 22 heavy (non-hydrogen) atoms. The molecule has 0 rings (SSSR count). The van der Waals surface area contributed by atoms with Gasteiger partial charge in [-0.15, -0.1) is 0 Å². The lowest BCUT2D eigenvalue weighted by molar-refractivity contribution is -0.145. The van der Waals surface area contributed by atoms with E-state index in [1.807, 2.05) is 0 Å². The van der Waals surface area contributed by atoms with Crippen LogP contribution in [-0.2, 0) is 19.0 Å². The number of hydrogen-bond acceptors (Lipinski definition) is 4. The third-order valence-electron chi connectivity index (χ3n) is 3.49. The summed E-state index contributed by atoms with van der Waals surface area (Å²) in [7, 11) is 0. The third kappa shape index (κ3) is 17.4. The third-order valence-corrected chi connectivity index (χ3v) is 3.49. The Labute approximate surface area is 136 Å². The van der Waals surface area contributed by atoms with Crippen LogP contribution in [0.3, 0.4) is 0 Å². The molecule has 0 heterocycles. The molecule has 0 aromatic rings. The number of esters is 1. The average molecular weight is 316 g/mol. The SMILES string of the molecule is CCCCCCCCC(=O)OCCOCCOCCCCC. The molecule has 132 valence electrons. The van der Waals surface area contributed by atoms with Crippen molar-refractivity contribution in [2.45, 2.75) is 78.1 Å². The quantitative estimate of drug-likeness (QED) is 0.293. The van der Waals surface area contributed by atoms with Gasteiger partial charge in [-0.25, -0.2) is 0 Å². The highest BCUT2D eigenvalue weighted by Gasteiger charge is 2.02. The molecule has 0 amide bonds. The highest BCUT2D eigenvalue weighted by molar-refractivity contribution is 5.69. The van der Waals surface area contributed by atoms with Crippen LogP contribution >= 0.6 is 0 Å². The lowest BCUT2D eigenvalue weighted by atomic mass is 10.1. The molecule has 0 aliphatic carbocycles. The van der Waals surface area contributed by atoms with E-state index in [0.29, 0.717) is 32.8 Å². The van der Waals surface area contributed by atoms with Gasteiger partial charge >= 0.3 is 5.97 Å². The molecular weight excluding hydrogens is 280 g/mol. The zero-order valence-electron chi connectivity index (χ0n) is 14.7. The van der Waals surface area contributed by atoms with Crippen LogP contribution in [0.4, 0.5) is 0 Å². The van der Waals surface area contributed by atoms with Crippen molar-refractivity contribution < 1.29 is 19.0 Å². The standard InChI is InChI=1S/C18H36O4/c1-3-5-7-8-9-10-12-18(19)22-17-16-21-15-14-20-13-11-6-4-2/h3-17H2,1-2H3. The maximum atomic E-state index is 11.5. The summed E-state index contributed by atoms with van der Waals surface area (Å²) in [5.41, 5.74) is 0. The van der Waals surface area contributed by atoms with Gasteiger partial charge in [0.1, 0.15) is 6.61 Å². The largest absolute Gasteiger partial charge is 0.463 e. The number of carbonyl (C=O) groups excluding carboxylic acids is 1. The number of hydrogen-bond donors (Lipinski definition) is 0. The lowest BCUT2D eigenvalue weighted by Crippen LogP contribution is -2.13. The second-order valence-corrected chi connectivity index (χ2v) is 5.67. The first-order valence-corrected chi connectivity index (χ1v) is 9.12. The minimum Gasteiger partial charge on any atom is -0.463 e. The van der Waals surface area contributed by atoms with Crippen LogP contribution in [0.1, 0.15) is 78.1 Å². The minimum atomic E-state index is -0.102. The van der Waals surface area contributed by atoms with Gasteiger partial charge in [0.2, 0.25) is 0 Å². The van der Waals surface area contributed by atoms with E-state index < -0.39 is 0 Å². The Kier molecular flexibility index (Phi) is 17.9. The molecule has 0 saturated heterocycles. The summed E-state index contributed by atoms with van der Waals surface area (Å²) in [6.45, 7) is 7.20. The van der Waals surface area contributed by atoms with E-state index in [4.69, 9.17) is 14.2 Å². The molecule has 4 nitrogen and oxygen atoms in total. The van der Waals surface area contributed by atoms with Crippen LogP contribution < -0.4 is 0 Å². The summed E-state index contributed by atoms with van der Waals surface area (Å²) in [6.07, 6.45) is 11.2. The van der Waals surface area contributed by atoms with Crippen molar-refractivity contribution in [3.05, 3.63) is 0 Å². The summed E-state index contributed by atoms with van der Waals surface area (Å²) in [4.78, 5) is 11.5. The normalized spacial score (nSPS) is 10.8. The van der Waals surface area contributed by atoms with Gasteiger partial charge in [0.25, 0.3) is 0 Å². The molecular formula is C18H36O4. The fraction of sp³-hybridized carbons (Fsp3) is 0.944. The average Bonchev–Trinajstić information content (AvgIpc) is 2.52. The van der Waals surface area contributed by atoms with Crippen LogP contribution in [0.15, 0.2) is 0 Å². The Hall–Kier alpha value is -0.610. The Morgan fingerprint density at radius 1 is 0.636 bits per heavy atom. The second kappa shape index (κ2) is 18.4. The molecule has 0 N–H and O–H groups in total. The molecule has 0 aromatic carbocycles. The van der Waals surface area contributed by atoms with Gasteiger partial charge in [-0.3, -0.25) is 4.79 Å². The molecule has 0 aliphatic rings. The van der Waals surface area contributed by atoms with E-state index in [9.17, 15) is 4.79 Å². The summed E-state index contributed by atoms with van der Waals surface area (Å²) < 4.78 is 15.9. The van der Waals surface area contributed by atoms with Gasteiger partial charge in [-0.1, -0.05) is 58.8 Å². The first-order chi connectivity index (χ1) is 10.8. The highest BCUT2D eigenvalue weighted by Crippen LogP contribution is 2.07. The van der Waals surface area contributed by atoms with Crippen LogP contribution in [0.5, 0.6) is 0 Å². The summed E-state index contributed by atoms with van der Waals surface area (Å²) in [6, 6.07) is 0. The molecule has 0 fully saturated rings. The van der Waals surface area contributed by atoms with E-state index in [2.05, 4.69) is 13.8 Å². The zero-order chi connectivity index (χ0) is 16.3. The Balaban J connectivity index is 3.12. The van der Waals surface area contributed by atoms with Gasteiger partial charge < -0.3 is 14.2 Å². The topological polar surface area (TPSA) is 44.8 Å². The summed E-state index contributed by atoms with van der Waals surface area (Å²) in [5.74, 6) is -0.102. The minimum absolute atomic E-state index is 0.102. The van der Waals surface area contributed by atoms with Crippen molar-refractivity contribution in [2.24, 2.45) is 0 Å². The molecule has 0 aliphatic heterocycles. The Bertz CT molecular complexity index is 231. The number of unbranched alkanes of at least 4 members (excludes halogenated alkanes) is 7. The van der Waals surface area contributed by atoms with E-state index in [-0.39, 0.29) is 5.97 Å². The van der Waals surface area contributed by atoms with Crippen molar-refractivity contribution in [3.63, 3.8) is 0 Å². The van der Waals surface area contributed by atoms with Crippen molar-refractivity contribution in [2.75, 3.05) is 33.0 Å². The molecule has 0 radical (unpaired) electrons. The second-order valence-electron chi connectivity index (χ2n) is 5.67. The predicted octanol–water partition coefficient (Wildman–Crippen LogP) is 4.50. The smallest absolute Gasteiger partial charge is 0.305 e. The van der Waals surface area contributed by atoms with Gasteiger partial charge in [-0.2, -0.15) is 0 Å². The molecule has 0 unspecified atom stereocenters. The van der Waals surface area contributed by atoms with Crippen molar-refractivity contribution in [1.29, 1.82) is 0 Å². The Morgan fingerprint density at radius 2 is 1.18 bits per heavy atom. The monoisotopic (exact) mass is 316 g/mol. The number of ether oxygens (including phenoxy) is 3. The molecule has 0 atom stereocenters. The van der Waals surface area contributed by atoms with Crippen LogP contribution in [0, 0.1) is 0 Å². The first kappa shape index (κ1) is 21.4. The lowest BCUT2D eigenvalue weighted by Gasteiger charge is -2.07. The predicted molar refractivity (Wildman–Crippen MR) is 90.1 cm³/mol. The Morgan fingerprint density at radius 3 is 1.91 bits per heavy atom. The van der Waals surface area contributed by atoms with Crippen LogP contribution in [0.25, 0.3) is 0 Å². The van der Waals surface area contributed by atoms with E-state index >= 15 is 0 Å². The van der Waals surface area contributed by atoms with E-state index in [0.717, 1.165) is 25.9 Å². The number of rotatable bonds is 17. The van der Waals surface area contributed by atoms with Gasteiger partial charge in [0, 0.05) is 13.0 Å². The maximum absolute atomic E-state index is 11.5. The van der Waals surface area contributed by atoms with Crippen molar-refractivity contribution >= 4 is 5.97 Å². The van der Waals surface area contributed by atoms with Crippen molar-refractivity contribution in [1.82, 2.24) is 0 Å². The number of carbonyl (C=O) groups is 1. The van der Waals surface area contributed by atoms with E-state index in [1.54, 1.807) is 0 Å². The first-order valence-electron chi connectivity index (χ1n) is 9.12. The molecule has 0 spiro atoms. The maximum Gasteiger partial charge on any atom is 0.305 e. The van der Waals surface area contributed by atoms with Crippen LogP contribution in [0.2, 0.25) is 0 Å². The van der Waals surface area contributed by atoms with Crippen molar-refractivity contribution in [3.8, 4) is 0 Å². The fourth-order valence-electron chi connectivity index (χ4n) is 2.11. The highest BCUT2D eigenvalue weighted by atomic mass is 16.6. The fourth-order valence-corrected chi connectivity index (χ4v) is 2.11.